The van der Waals surface area contributed by atoms with Gasteiger partial charge in [-0.2, -0.15) is 0 Å². The molecule has 0 atom stereocenters. The molecular formula is C15H19ClO6. The van der Waals surface area contributed by atoms with Gasteiger partial charge in [0.25, 0.3) is 0 Å². The summed E-state index contributed by atoms with van der Waals surface area (Å²) in [6.07, 6.45) is 0. The summed E-state index contributed by atoms with van der Waals surface area (Å²) >= 11 is 5.94. The summed E-state index contributed by atoms with van der Waals surface area (Å²) in [5.74, 6) is -2.46. The van der Waals surface area contributed by atoms with E-state index in [1.807, 2.05) is 0 Å². The second-order valence-electron chi connectivity index (χ2n) is 6.22. The molecule has 1 aromatic carbocycles. The van der Waals surface area contributed by atoms with Crippen LogP contribution in [0.2, 0.25) is 5.02 Å². The van der Waals surface area contributed by atoms with Gasteiger partial charge in [0.2, 0.25) is 0 Å². The second-order valence-corrected chi connectivity index (χ2v) is 6.63. The van der Waals surface area contributed by atoms with Gasteiger partial charge in [-0.3, -0.25) is 0 Å². The van der Waals surface area contributed by atoms with Crippen molar-refractivity contribution in [1.29, 1.82) is 0 Å². The summed E-state index contributed by atoms with van der Waals surface area (Å²) in [4.78, 5) is 23.0. The molecule has 0 fully saturated rings. The Kier molecular flexibility index (Phi) is 4.97. The predicted octanol–water partition coefficient (Wildman–Crippen LogP) is 3.24. The van der Waals surface area contributed by atoms with Crippen LogP contribution in [-0.2, 0) is 9.53 Å². The van der Waals surface area contributed by atoms with Gasteiger partial charge in [-0.05, 0) is 40.7 Å². The van der Waals surface area contributed by atoms with Gasteiger partial charge in [0, 0.05) is 6.07 Å². The van der Waals surface area contributed by atoms with Crippen molar-refractivity contribution in [2.24, 2.45) is 0 Å². The molecule has 122 valence electrons. The zero-order valence-corrected chi connectivity index (χ0v) is 13.8. The molecule has 1 rings (SSSR count). The van der Waals surface area contributed by atoms with Crippen molar-refractivity contribution >= 4 is 23.5 Å². The van der Waals surface area contributed by atoms with E-state index >= 15 is 0 Å². The molecule has 0 aromatic heterocycles. The number of hydrogen-bond donors (Lipinski definition) is 2. The van der Waals surface area contributed by atoms with Crippen LogP contribution < -0.4 is 4.74 Å². The van der Waals surface area contributed by atoms with E-state index in [0.29, 0.717) is 0 Å². The minimum atomic E-state index is -1.37. The van der Waals surface area contributed by atoms with Crippen LogP contribution in [0.1, 0.15) is 45.0 Å². The molecule has 0 amide bonds. The van der Waals surface area contributed by atoms with E-state index in [1.54, 1.807) is 20.8 Å². The highest BCUT2D eigenvalue weighted by molar-refractivity contribution is 6.32. The van der Waals surface area contributed by atoms with Crippen LogP contribution in [-0.4, -0.2) is 33.4 Å². The van der Waals surface area contributed by atoms with Crippen LogP contribution >= 0.6 is 11.6 Å². The fourth-order valence-corrected chi connectivity index (χ4v) is 1.71. The number of phenols is 1. The Labute approximate surface area is 133 Å². The van der Waals surface area contributed by atoms with Crippen LogP contribution in [0.3, 0.4) is 0 Å². The lowest BCUT2D eigenvalue weighted by atomic mass is 10.1. The summed E-state index contributed by atoms with van der Waals surface area (Å²) < 4.78 is 10.7. The molecule has 0 aliphatic carbocycles. The zero-order chi connectivity index (χ0) is 17.3. The average molecular weight is 331 g/mol. The summed E-state index contributed by atoms with van der Waals surface area (Å²) in [5.41, 5.74) is -2.40. The van der Waals surface area contributed by atoms with Gasteiger partial charge in [-0.15, -0.1) is 0 Å². The summed E-state index contributed by atoms with van der Waals surface area (Å²) in [7, 11) is 0. The lowest BCUT2D eigenvalue weighted by molar-refractivity contribution is -0.170. The third-order valence-electron chi connectivity index (χ3n) is 2.54. The molecule has 0 aliphatic rings. The minimum absolute atomic E-state index is 0.0139. The van der Waals surface area contributed by atoms with E-state index in [0.717, 1.165) is 12.1 Å². The van der Waals surface area contributed by atoms with Gasteiger partial charge in [-0.1, -0.05) is 11.6 Å². The molecule has 0 saturated heterocycles. The van der Waals surface area contributed by atoms with Crippen LogP contribution in [0, 0.1) is 0 Å². The van der Waals surface area contributed by atoms with Crippen LogP contribution in [0.15, 0.2) is 12.1 Å². The maximum absolute atomic E-state index is 12.1. The van der Waals surface area contributed by atoms with E-state index in [9.17, 15) is 14.7 Å². The number of carbonyl (C=O) groups is 2. The zero-order valence-electron chi connectivity index (χ0n) is 13.1. The van der Waals surface area contributed by atoms with Crippen LogP contribution in [0.25, 0.3) is 0 Å². The number of benzene rings is 1. The van der Waals surface area contributed by atoms with Crippen molar-refractivity contribution in [3.8, 4) is 11.5 Å². The monoisotopic (exact) mass is 330 g/mol. The maximum Gasteiger partial charge on any atom is 0.350 e. The number of aromatic carboxylic acids is 1. The Morgan fingerprint density at radius 2 is 1.68 bits per heavy atom. The van der Waals surface area contributed by atoms with E-state index in [1.165, 1.54) is 13.8 Å². The largest absolute Gasteiger partial charge is 0.507 e. The number of carboxylic acids is 1. The van der Waals surface area contributed by atoms with Gasteiger partial charge in [-0.25, -0.2) is 9.59 Å². The molecule has 0 aliphatic heterocycles. The van der Waals surface area contributed by atoms with Crippen molar-refractivity contribution in [2.45, 2.75) is 45.8 Å². The van der Waals surface area contributed by atoms with Gasteiger partial charge >= 0.3 is 11.9 Å². The molecule has 0 unspecified atom stereocenters. The fraction of sp³-hybridized carbons (Fsp3) is 0.467. The Morgan fingerprint density at radius 1 is 1.14 bits per heavy atom. The lowest BCUT2D eigenvalue weighted by Gasteiger charge is -2.29. The van der Waals surface area contributed by atoms with Gasteiger partial charge < -0.3 is 19.7 Å². The summed E-state index contributed by atoms with van der Waals surface area (Å²) in [6, 6.07) is 2.11. The number of halogens is 1. The molecule has 7 heteroatoms. The standard InChI is InChI=1S/C15H19ClO6/c1-14(2,3)22-13(20)15(4,5)21-11-7-10(17)8(12(18)19)6-9(11)16/h6-7,17H,1-5H3,(H,18,19). The first kappa shape index (κ1) is 18.1. The van der Waals surface area contributed by atoms with Gasteiger partial charge in [0.15, 0.2) is 5.60 Å². The molecule has 2 N–H and O–H groups in total. The fourth-order valence-electron chi connectivity index (χ4n) is 1.51. The molecule has 0 spiro atoms. The van der Waals surface area contributed by atoms with Crippen LogP contribution in [0.4, 0.5) is 0 Å². The highest BCUT2D eigenvalue weighted by Gasteiger charge is 2.35. The first-order valence-electron chi connectivity index (χ1n) is 6.52. The molecule has 0 bridgehead atoms. The molecular weight excluding hydrogens is 312 g/mol. The van der Waals surface area contributed by atoms with E-state index in [2.05, 4.69) is 0 Å². The molecule has 22 heavy (non-hydrogen) atoms. The number of hydrogen-bond acceptors (Lipinski definition) is 5. The van der Waals surface area contributed by atoms with E-state index in [-0.39, 0.29) is 16.3 Å². The van der Waals surface area contributed by atoms with E-state index < -0.39 is 28.9 Å². The molecule has 0 saturated carbocycles. The van der Waals surface area contributed by atoms with Gasteiger partial charge in [0.05, 0.1) is 5.02 Å². The average Bonchev–Trinajstić information content (AvgIpc) is 2.30. The Hall–Kier alpha value is -1.95. The summed E-state index contributed by atoms with van der Waals surface area (Å²) in [5, 5.41) is 18.5. The highest BCUT2D eigenvalue weighted by Crippen LogP contribution is 2.34. The van der Waals surface area contributed by atoms with Crippen LogP contribution in [0.5, 0.6) is 11.5 Å². The first-order chi connectivity index (χ1) is 9.83. The Balaban J connectivity index is 3.06. The van der Waals surface area contributed by atoms with E-state index in [4.69, 9.17) is 26.2 Å². The number of rotatable bonds is 4. The van der Waals surface area contributed by atoms with Crippen molar-refractivity contribution in [3.63, 3.8) is 0 Å². The Bertz CT molecular complexity index is 601. The normalized spacial score (nSPS) is 11.9. The Morgan fingerprint density at radius 3 is 2.14 bits per heavy atom. The topological polar surface area (TPSA) is 93.1 Å². The number of aromatic hydroxyl groups is 1. The molecule has 0 radical (unpaired) electrons. The number of carbonyl (C=O) groups excluding carboxylic acids is 1. The highest BCUT2D eigenvalue weighted by atomic mass is 35.5. The SMILES string of the molecule is CC(C)(C)OC(=O)C(C)(C)Oc1cc(O)c(C(=O)O)cc1Cl. The smallest absolute Gasteiger partial charge is 0.350 e. The third kappa shape index (κ3) is 4.53. The summed E-state index contributed by atoms with van der Waals surface area (Å²) in [6.45, 7) is 8.14. The number of carboxylic acid groups (broad SMARTS) is 1. The lowest BCUT2D eigenvalue weighted by Crippen LogP contribution is -2.43. The molecule has 6 nitrogen and oxygen atoms in total. The predicted molar refractivity (Wildman–Crippen MR) is 80.6 cm³/mol. The number of ether oxygens (including phenoxy) is 2. The quantitative estimate of drug-likeness (QED) is 0.823. The minimum Gasteiger partial charge on any atom is -0.507 e. The third-order valence-corrected chi connectivity index (χ3v) is 2.83. The van der Waals surface area contributed by atoms with Crippen molar-refractivity contribution in [2.75, 3.05) is 0 Å². The van der Waals surface area contributed by atoms with Crippen molar-refractivity contribution < 1.29 is 29.3 Å². The molecule has 1 aromatic rings. The maximum atomic E-state index is 12.1. The van der Waals surface area contributed by atoms with Crippen molar-refractivity contribution in [3.05, 3.63) is 22.7 Å². The number of esters is 1. The second kappa shape index (κ2) is 6.04. The molecule has 0 heterocycles. The van der Waals surface area contributed by atoms with Crippen molar-refractivity contribution in [1.82, 2.24) is 0 Å². The van der Waals surface area contributed by atoms with Gasteiger partial charge in [0.1, 0.15) is 22.7 Å². The first-order valence-corrected chi connectivity index (χ1v) is 6.89.